The molecule has 0 saturated carbocycles. The Hall–Kier alpha value is -1.52. The molecule has 1 N–H and O–H groups in total. The van der Waals surface area contributed by atoms with Gasteiger partial charge in [0, 0.05) is 6.54 Å². The van der Waals surface area contributed by atoms with E-state index >= 15 is 0 Å². The van der Waals surface area contributed by atoms with E-state index in [1.54, 1.807) is 0 Å². The van der Waals surface area contributed by atoms with Crippen molar-refractivity contribution in [2.24, 2.45) is 5.92 Å². The maximum Gasteiger partial charge on any atom is 0.175 e. The fourth-order valence-electron chi connectivity index (χ4n) is 2.59. The maximum atomic E-state index is 6.07. The minimum Gasteiger partial charge on any atom is -0.490 e. The highest BCUT2D eigenvalue weighted by atomic mass is 79.9. The number of halogens is 1. The van der Waals surface area contributed by atoms with Crippen molar-refractivity contribution in [2.45, 2.75) is 40.8 Å². The highest BCUT2D eigenvalue weighted by Crippen LogP contribution is 2.37. The topological polar surface area (TPSA) is 30.5 Å². The Balaban J connectivity index is 2.12. The summed E-state index contributed by atoms with van der Waals surface area (Å²) in [6, 6.07) is 12.5. The van der Waals surface area contributed by atoms with E-state index < -0.39 is 0 Å². The van der Waals surface area contributed by atoms with Gasteiger partial charge in [-0.05, 0) is 65.5 Å². The molecule has 0 amide bonds. The number of benzene rings is 2. The Morgan fingerprint density at radius 3 is 2.56 bits per heavy atom. The SMILES string of the molecule is CCOc1cc(CNCC(C)C)cc(Br)c1OCc1cccc(C)c1. The van der Waals surface area contributed by atoms with Gasteiger partial charge in [-0.15, -0.1) is 0 Å². The molecule has 2 rings (SSSR count). The molecule has 0 aliphatic heterocycles. The normalized spacial score (nSPS) is 11.0. The van der Waals surface area contributed by atoms with Crippen LogP contribution in [0.1, 0.15) is 37.5 Å². The van der Waals surface area contributed by atoms with Crippen LogP contribution in [0.4, 0.5) is 0 Å². The lowest BCUT2D eigenvalue weighted by molar-refractivity contribution is 0.267. The molecule has 0 bridgehead atoms. The van der Waals surface area contributed by atoms with E-state index in [0.717, 1.165) is 34.6 Å². The van der Waals surface area contributed by atoms with Crippen LogP contribution in [0.15, 0.2) is 40.9 Å². The average Bonchev–Trinajstić information content (AvgIpc) is 2.54. The number of aryl methyl sites for hydroxylation is 1. The van der Waals surface area contributed by atoms with Crippen LogP contribution in [0, 0.1) is 12.8 Å². The van der Waals surface area contributed by atoms with Crippen molar-refractivity contribution in [3.63, 3.8) is 0 Å². The fraction of sp³-hybridized carbons (Fsp3) is 0.429. The second kappa shape index (κ2) is 9.83. The van der Waals surface area contributed by atoms with Gasteiger partial charge in [-0.1, -0.05) is 43.7 Å². The van der Waals surface area contributed by atoms with E-state index in [9.17, 15) is 0 Å². The Labute approximate surface area is 159 Å². The molecule has 2 aromatic rings. The lowest BCUT2D eigenvalue weighted by Gasteiger charge is -2.16. The summed E-state index contributed by atoms with van der Waals surface area (Å²) in [5.74, 6) is 2.17. The molecule has 136 valence electrons. The van der Waals surface area contributed by atoms with E-state index in [0.29, 0.717) is 19.1 Å². The van der Waals surface area contributed by atoms with Gasteiger partial charge in [0.05, 0.1) is 11.1 Å². The van der Waals surface area contributed by atoms with Gasteiger partial charge in [-0.3, -0.25) is 0 Å². The summed E-state index contributed by atoms with van der Waals surface area (Å²) < 4.78 is 12.8. The molecule has 0 aliphatic carbocycles. The molecule has 25 heavy (non-hydrogen) atoms. The van der Waals surface area contributed by atoms with Gasteiger partial charge in [-0.2, -0.15) is 0 Å². The zero-order valence-electron chi connectivity index (χ0n) is 15.6. The van der Waals surface area contributed by atoms with Crippen LogP contribution in [-0.4, -0.2) is 13.2 Å². The second-order valence-corrected chi connectivity index (χ2v) is 7.49. The highest BCUT2D eigenvalue weighted by molar-refractivity contribution is 9.10. The van der Waals surface area contributed by atoms with Gasteiger partial charge in [0.25, 0.3) is 0 Å². The monoisotopic (exact) mass is 405 g/mol. The van der Waals surface area contributed by atoms with Crippen molar-refractivity contribution >= 4 is 15.9 Å². The van der Waals surface area contributed by atoms with Gasteiger partial charge < -0.3 is 14.8 Å². The first-order chi connectivity index (χ1) is 12.0. The van der Waals surface area contributed by atoms with E-state index in [4.69, 9.17) is 9.47 Å². The van der Waals surface area contributed by atoms with E-state index in [1.807, 2.05) is 6.92 Å². The van der Waals surface area contributed by atoms with Crippen molar-refractivity contribution < 1.29 is 9.47 Å². The minimum atomic E-state index is 0.519. The summed E-state index contributed by atoms with van der Waals surface area (Å²) in [6.07, 6.45) is 0. The van der Waals surface area contributed by atoms with Gasteiger partial charge in [0.1, 0.15) is 6.61 Å². The smallest absolute Gasteiger partial charge is 0.175 e. The number of hydrogen-bond acceptors (Lipinski definition) is 3. The number of rotatable bonds is 9. The van der Waals surface area contributed by atoms with Crippen LogP contribution in [0.5, 0.6) is 11.5 Å². The summed E-state index contributed by atoms with van der Waals surface area (Å²) in [7, 11) is 0. The van der Waals surface area contributed by atoms with E-state index in [2.05, 4.69) is 78.4 Å². The second-order valence-electron chi connectivity index (χ2n) is 6.64. The molecule has 4 heteroatoms. The molecule has 0 aliphatic rings. The third kappa shape index (κ3) is 6.37. The summed E-state index contributed by atoms with van der Waals surface area (Å²) in [5, 5.41) is 3.46. The van der Waals surface area contributed by atoms with Crippen molar-refractivity contribution in [3.05, 3.63) is 57.6 Å². The molecule has 0 aromatic heterocycles. The number of hydrogen-bond donors (Lipinski definition) is 1. The quantitative estimate of drug-likeness (QED) is 0.598. The minimum absolute atomic E-state index is 0.519. The predicted molar refractivity (Wildman–Crippen MR) is 107 cm³/mol. The molecule has 0 spiro atoms. The molecular formula is C21H28BrNO2. The summed E-state index contributed by atoms with van der Waals surface area (Å²) in [6.45, 7) is 11.4. The Kier molecular flexibility index (Phi) is 7.79. The molecule has 0 radical (unpaired) electrons. The van der Waals surface area contributed by atoms with Crippen molar-refractivity contribution in [2.75, 3.05) is 13.2 Å². The predicted octanol–water partition coefficient (Wildman–Crippen LogP) is 5.48. The Morgan fingerprint density at radius 1 is 1.08 bits per heavy atom. The largest absolute Gasteiger partial charge is 0.490 e. The lowest BCUT2D eigenvalue weighted by atomic mass is 10.1. The molecule has 0 fully saturated rings. The van der Waals surface area contributed by atoms with E-state index in [1.165, 1.54) is 11.1 Å². The van der Waals surface area contributed by atoms with Crippen LogP contribution < -0.4 is 14.8 Å². The van der Waals surface area contributed by atoms with Gasteiger partial charge in [0.15, 0.2) is 11.5 Å². The number of ether oxygens (including phenoxy) is 2. The first kappa shape index (κ1) is 19.8. The highest BCUT2D eigenvalue weighted by Gasteiger charge is 2.13. The first-order valence-electron chi connectivity index (χ1n) is 8.83. The van der Waals surface area contributed by atoms with E-state index in [-0.39, 0.29) is 0 Å². The van der Waals surface area contributed by atoms with Crippen LogP contribution in [0.25, 0.3) is 0 Å². The molecule has 0 saturated heterocycles. The molecular weight excluding hydrogens is 378 g/mol. The van der Waals surface area contributed by atoms with Gasteiger partial charge in [-0.25, -0.2) is 0 Å². The summed E-state index contributed by atoms with van der Waals surface area (Å²) in [4.78, 5) is 0. The Bertz CT molecular complexity index is 686. The molecule has 2 aromatic carbocycles. The van der Waals surface area contributed by atoms with Crippen LogP contribution in [0.3, 0.4) is 0 Å². The lowest BCUT2D eigenvalue weighted by Crippen LogP contribution is -2.19. The zero-order chi connectivity index (χ0) is 18.2. The zero-order valence-corrected chi connectivity index (χ0v) is 17.2. The summed E-state index contributed by atoms with van der Waals surface area (Å²) in [5.41, 5.74) is 3.56. The van der Waals surface area contributed by atoms with Gasteiger partial charge in [0.2, 0.25) is 0 Å². The number of nitrogens with one attached hydrogen (secondary N) is 1. The standard InChI is InChI=1S/C21H28BrNO2/c1-5-24-20-11-18(13-23-12-15(2)3)10-19(22)21(20)25-14-17-8-6-7-16(4)9-17/h6-11,15,23H,5,12-14H2,1-4H3. The third-order valence-corrected chi connectivity index (χ3v) is 4.31. The molecule has 0 heterocycles. The first-order valence-corrected chi connectivity index (χ1v) is 9.63. The Morgan fingerprint density at radius 2 is 1.88 bits per heavy atom. The molecule has 0 atom stereocenters. The maximum absolute atomic E-state index is 6.07. The fourth-order valence-corrected chi connectivity index (χ4v) is 3.19. The van der Waals surface area contributed by atoms with Gasteiger partial charge >= 0.3 is 0 Å². The molecule has 0 unspecified atom stereocenters. The van der Waals surface area contributed by atoms with Crippen molar-refractivity contribution in [1.82, 2.24) is 5.32 Å². The van der Waals surface area contributed by atoms with Crippen molar-refractivity contribution in [1.29, 1.82) is 0 Å². The molecule has 3 nitrogen and oxygen atoms in total. The summed E-state index contributed by atoms with van der Waals surface area (Å²) >= 11 is 3.64. The van der Waals surface area contributed by atoms with Crippen LogP contribution in [-0.2, 0) is 13.2 Å². The average molecular weight is 406 g/mol. The van der Waals surface area contributed by atoms with Crippen LogP contribution >= 0.6 is 15.9 Å². The van der Waals surface area contributed by atoms with Crippen molar-refractivity contribution in [3.8, 4) is 11.5 Å². The third-order valence-electron chi connectivity index (χ3n) is 3.72. The van der Waals surface area contributed by atoms with Crippen LogP contribution in [0.2, 0.25) is 0 Å².